The van der Waals surface area contributed by atoms with Crippen LogP contribution in [0.2, 0.25) is 5.02 Å². The molecule has 7 rings (SSSR count). The van der Waals surface area contributed by atoms with E-state index in [1.165, 1.54) is 11.1 Å². The van der Waals surface area contributed by atoms with Crippen LogP contribution in [0.3, 0.4) is 0 Å². The number of ether oxygens (including phenoxy) is 2. The zero-order valence-corrected chi connectivity index (χ0v) is 31.4. The molecule has 2 aliphatic carbocycles. The van der Waals surface area contributed by atoms with Crippen LogP contribution in [0.15, 0.2) is 52.9 Å². The number of likely N-dealkylation sites (N-methyl/N-ethyl adjacent to an activating group) is 1. The van der Waals surface area contributed by atoms with E-state index in [1.807, 2.05) is 39.2 Å². The van der Waals surface area contributed by atoms with Gasteiger partial charge in [-0.05, 0) is 112 Å². The van der Waals surface area contributed by atoms with E-state index in [4.69, 9.17) is 21.1 Å². The predicted octanol–water partition coefficient (Wildman–Crippen LogP) is 5.83. The van der Waals surface area contributed by atoms with Gasteiger partial charge in [-0.2, -0.15) is 4.36 Å². The number of fused-ring (bicyclic) bond motifs is 4. The van der Waals surface area contributed by atoms with Crippen LogP contribution in [0, 0.1) is 17.8 Å². The molecule has 0 radical (unpaired) electrons. The lowest BCUT2D eigenvalue weighted by Gasteiger charge is -2.46. The molecule has 5 aliphatic rings. The van der Waals surface area contributed by atoms with Gasteiger partial charge in [0.15, 0.2) is 0 Å². The molecular formula is C39H51ClN4O5S. The van der Waals surface area contributed by atoms with Gasteiger partial charge < -0.3 is 24.2 Å². The highest BCUT2D eigenvalue weighted by Crippen LogP contribution is 2.47. The number of methoxy groups -OCH3 is 1. The first kappa shape index (κ1) is 35.5. The molecule has 1 saturated carbocycles. The van der Waals surface area contributed by atoms with Crippen molar-refractivity contribution in [3.8, 4) is 5.75 Å². The molecule has 9 nitrogen and oxygen atoms in total. The van der Waals surface area contributed by atoms with Gasteiger partial charge in [-0.25, -0.2) is 4.21 Å². The van der Waals surface area contributed by atoms with Crippen LogP contribution in [0.4, 0.5) is 5.69 Å². The molecule has 2 amide bonds. The number of rotatable bonds is 4. The summed E-state index contributed by atoms with van der Waals surface area (Å²) in [5.41, 5.74) is 3.56. The number of halogens is 1. The first-order chi connectivity index (χ1) is 24.0. The molecule has 2 aromatic carbocycles. The van der Waals surface area contributed by atoms with Crippen molar-refractivity contribution in [2.24, 2.45) is 22.1 Å². The minimum absolute atomic E-state index is 0.0253. The van der Waals surface area contributed by atoms with Crippen molar-refractivity contribution in [2.45, 2.75) is 63.0 Å². The van der Waals surface area contributed by atoms with Crippen LogP contribution in [0.5, 0.6) is 5.75 Å². The van der Waals surface area contributed by atoms with Gasteiger partial charge in [0.2, 0.25) is 5.91 Å². The zero-order chi connectivity index (χ0) is 35.2. The monoisotopic (exact) mass is 722 g/mol. The number of hydrogen-bond acceptors (Lipinski definition) is 7. The van der Waals surface area contributed by atoms with Crippen molar-refractivity contribution in [1.82, 2.24) is 9.80 Å². The van der Waals surface area contributed by atoms with Crippen LogP contribution in [0.1, 0.15) is 60.5 Å². The number of benzene rings is 2. The number of allylic oxidation sites excluding steroid dienone is 1. The molecule has 11 heteroatoms. The molecule has 0 aromatic heterocycles. The summed E-state index contributed by atoms with van der Waals surface area (Å²) in [7, 11) is 2.57. The maximum atomic E-state index is 14.6. The van der Waals surface area contributed by atoms with E-state index in [1.54, 1.807) is 18.1 Å². The molecule has 50 heavy (non-hydrogen) atoms. The molecule has 0 N–H and O–H groups in total. The summed E-state index contributed by atoms with van der Waals surface area (Å²) in [6.07, 6.45) is 10.1. The van der Waals surface area contributed by atoms with Crippen molar-refractivity contribution in [2.75, 3.05) is 70.4 Å². The zero-order valence-electron chi connectivity index (χ0n) is 29.8. The average Bonchev–Trinajstić information content (AvgIpc) is 3.17. The van der Waals surface area contributed by atoms with E-state index in [-0.39, 0.29) is 40.9 Å². The number of hydrogen-bond donors (Lipinski definition) is 0. The average molecular weight is 723 g/mol. The third-order valence-electron chi connectivity index (χ3n) is 11.9. The quantitative estimate of drug-likeness (QED) is 0.367. The Hall–Kier alpha value is -2.92. The summed E-state index contributed by atoms with van der Waals surface area (Å²) in [4.78, 5) is 33.6. The number of carbonyl (C=O) groups is 2. The predicted molar refractivity (Wildman–Crippen MR) is 199 cm³/mol. The number of amides is 2. The van der Waals surface area contributed by atoms with E-state index >= 15 is 0 Å². The minimum Gasteiger partial charge on any atom is -0.490 e. The molecule has 2 fully saturated rings. The summed E-state index contributed by atoms with van der Waals surface area (Å²) in [5.74, 6) is 0.609. The van der Waals surface area contributed by atoms with Crippen LogP contribution < -0.4 is 9.64 Å². The van der Waals surface area contributed by atoms with Gasteiger partial charge in [0.25, 0.3) is 5.91 Å². The number of carbonyl (C=O) groups excluding carboxylic acids is 2. The summed E-state index contributed by atoms with van der Waals surface area (Å²) in [6, 6.07) is 12.0. The maximum absolute atomic E-state index is 14.6. The molecule has 2 aromatic rings. The van der Waals surface area contributed by atoms with Crippen molar-refractivity contribution in [1.29, 1.82) is 0 Å². The topological polar surface area (TPSA) is 91.8 Å². The Bertz CT molecular complexity index is 1780. The van der Waals surface area contributed by atoms with Crippen molar-refractivity contribution in [3.63, 3.8) is 0 Å². The highest BCUT2D eigenvalue weighted by molar-refractivity contribution is 7.94. The second-order valence-corrected chi connectivity index (χ2v) is 18.4. The largest absolute Gasteiger partial charge is 0.490 e. The smallest absolute Gasteiger partial charge is 0.285 e. The molecule has 270 valence electrons. The van der Waals surface area contributed by atoms with Gasteiger partial charge in [0.1, 0.15) is 11.5 Å². The maximum Gasteiger partial charge on any atom is 0.285 e. The van der Waals surface area contributed by atoms with E-state index in [9.17, 15) is 13.8 Å². The third kappa shape index (κ3) is 7.10. The number of aryl methyl sites for hydroxylation is 1. The van der Waals surface area contributed by atoms with E-state index < -0.39 is 15.6 Å². The van der Waals surface area contributed by atoms with E-state index in [0.717, 1.165) is 61.7 Å². The number of likely N-dealkylation sites (tertiary alicyclic amines) is 1. The second-order valence-electron chi connectivity index (χ2n) is 15.7. The Labute approximate surface area is 302 Å². The van der Waals surface area contributed by atoms with Crippen molar-refractivity contribution in [3.05, 3.63) is 70.3 Å². The Balaban J connectivity index is 1.27. The fourth-order valence-corrected chi connectivity index (χ4v) is 11.2. The van der Waals surface area contributed by atoms with Gasteiger partial charge in [-0.3, -0.25) is 9.59 Å². The highest BCUT2D eigenvalue weighted by Gasteiger charge is 2.44. The second kappa shape index (κ2) is 14.2. The van der Waals surface area contributed by atoms with Crippen LogP contribution in [0.25, 0.3) is 0 Å². The lowest BCUT2D eigenvalue weighted by atomic mass is 9.68. The molecule has 0 unspecified atom stereocenters. The van der Waals surface area contributed by atoms with E-state index in [2.05, 4.69) is 38.4 Å². The molecular weight excluding hydrogens is 672 g/mol. The molecule has 3 aliphatic heterocycles. The highest BCUT2D eigenvalue weighted by atomic mass is 35.5. The van der Waals surface area contributed by atoms with Crippen LogP contribution in [-0.4, -0.2) is 103 Å². The van der Waals surface area contributed by atoms with Crippen LogP contribution in [-0.2, 0) is 31.1 Å². The summed E-state index contributed by atoms with van der Waals surface area (Å²) < 4.78 is 31.7. The lowest BCUT2D eigenvalue weighted by molar-refractivity contribution is -0.134. The number of nitrogens with zero attached hydrogens (tertiary/aromatic N) is 4. The Morgan fingerprint density at radius 3 is 2.72 bits per heavy atom. The normalized spacial score (nSPS) is 32.2. The lowest BCUT2D eigenvalue weighted by Crippen LogP contribution is -2.60. The van der Waals surface area contributed by atoms with E-state index in [0.29, 0.717) is 43.5 Å². The standard InChI is InChI=1S/C39H51ClN4O5S/c1-26-7-5-9-35(48-4)32-13-10-29(32)19-44-24-39(16-6-8-27-17-30(40)12-14-33(27)39)25-49-36-15-11-28(18-34(36)44)38(46)41-50(47,22-26)23-37(45)43-20-31(21-43)42(2)3/h5,9,11-12,14-15,17-18,26,29,31-32,35H,6-8,10,13,16,19-25H2,1-4H3/b9-5+/t26-,29-,32+,35-,39-,50+/m0/s1. The molecule has 1 spiro atoms. The first-order valence-electron chi connectivity index (χ1n) is 18.2. The number of anilines is 1. The Kier molecular flexibility index (Phi) is 10.1. The third-order valence-corrected chi connectivity index (χ3v) is 14.4. The van der Waals surface area contributed by atoms with Gasteiger partial charge in [-0.15, -0.1) is 0 Å². The fraction of sp³-hybridized carbons (Fsp3) is 0.590. The summed E-state index contributed by atoms with van der Waals surface area (Å²) in [6.45, 7) is 5.27. The van der Waals surface area contributed by atoms with Gasteiger partial charge in [0.05, 0.1) is 28.1 Å². The van der Waals surface area contributed by atoms with Crippen LogP contribution >= 0.6 is 11.6 Å². The SMILES string of the molecule is CO[C@H]1/C=C/C[C@H](C)C[S@@](=O)(CC(=O)N2CC(N(C)C)C2)=NC(=O)c2ccc3c(c2)N(C[C@@H]2CC[C@H]21)C[C@@]1(CCCc2cc(Cl)ccc21)CO3. The minimum atomic E-state index is -3.20. The van der Waals surface area contributed by atoms with Crippen molar-refractivity contribution < 1.29 is 23.3 Å². The first-order valence-corrected chi connectivity index (χ1v) is 20.4. The van der Waals surface area contributed by atoms with Crippen molar-refractivity contribution >= 4 is 38.8 Å². The molecule has 2 bridgehead atoms. The Morgan fingerprint density at radius 1 is 1.16 bits per heavy atom. The molecule has 6 atom stereocenters. The molecule has 1 saturated heterocycles. The Morgan fingerprint density at radius 2 is 1.98 bits per heavy atom. The van der Waals surface area contributed by atoms with Gasteiger partial charge in [-0.1, -0.05) is 36.7 Å². The summed E-state index contributed by atoms with van der Waals surface area (Å²) >= 11 is 6.46. The van der Waals surface area contributed by atoms with Gasteiger partial charge in [0, 0.05) is 61.1 Å². The fourth-order valence-electron chi connectivity index (χ4n) is 8.74. The molecule has 3 heterocycles. The van der Waals surface area contributed by atoms with Gasteiger partial charge >= 0.3 is 0 Å². The summed E-state index contributed by atoms with van der Waals surface area (Å²) in [5, 5.41) is 0.752.